The minimum Gasteiger partial charge on any atom is -0.445 e. The van der Waals surface area contributed by atoms with Crippen molar-refractivity contribution in [1.29, 1.82) is 0 Å². The molecule has 2 heterocycles. The summed E-state index contributed by atoms with van der Waals surface area (Å²) in [6.07, 6.45) is -0.0963. The van der Waals surface area contributed by atoms with E-state index in [1.54, 1.807) is 0 Å². The molecule has 2 saturated heterocycles. The van der Waals surface area contributed by atoms with Gasteiger partial charge in [0.25, 0.3) is 5.79 Å². The molecule has 0 spiro atoms. The van der Waals surface area contributed by atoms with Gasteiger partial charge in [0.15, 0.2) is 5.92 Å². The third kappa shape index (κ3) is 6.95. The quantitative estimate of drug-likeness (QED) is 0.264. The third-order valence-corrected chi connectivity index (χ3v) is 6.96. The van der Waals surface area contributed by atoms with Crippen LogP contribution in [0.5, 0.6) is 0 Å². The number of piperidine rings is 1. The van der Waals surface area contributed by atoms with Gasteiger partial charge in [0.2, 0.25) is 5.78 Å². The van der Waals surface area contributed by atoms with Crippen molar-refractivity contribution >= 4 is 31.9 Å². The Kier molecular flexibility index (Phi) is 7.75. The first kappa shape index (κ1) is 26.5. The molecule has 1 amide bonds. The van der Waals surface area contributed by atoms with Gasteiger partial charge in [-0.2, -0.15) is 0 Å². The predicted molar refractivity (Wildman–Crippen MR) is 130 cm³/mol. The molecule has 0 atom stereocenters. The molecule has 2 fully saturated rings. The van der Waals surface area contributed by atoms with Crippen LogP contribution < -0.4 is 0 Å². The standard InChI is InChI=1S/C26H33NO7Si/c1-25(2)33-22(29)21(23(30)34-25)26(17-20(28)11-16-35(3,4)5)12-14-27(15-13-26)24(31)32-18-19-9-7-6-8-10-19/h6-10,21H,12-15,17-18H2,1-5H3. The van der Waals surface area contributed by atoms with Gasteiger partial charge in [-0.05, 0) is 24.3 Å². The molecule has 2 aliphatic heterocycles. The van der Waals surface area contributed by atoms with Gasteiger partial charge in [0.05, 0.1) is 0 Å². The molecule has 0 N–H and O–H groups in total. The highest BCUT2D eigenvalue weighted by molar-refractivity contribution is 6.84. The largest absolute Gasteiger partial charge is 0.445 e. The van der Waals surface area contributed by atoms with Crippen molar-refractivity contribution in [3.8, 4) is 11.5 Å². The van der Waals surface area contributed by atoms with Crippen LogP contribution in [0.25, 0.3) is 0 Å². The van der Waals surface area contributed by atoms with E-state index in [4.69, 9.17) is 14.2 Å². The number of ether oxygens (including phenoxy) is 3. The van der Waals surface area contributed by atoms with Crippen molar-refractivity contribution in [2.24, 2.45) is 11.3 Å². The zero-order chi connectivity index (χ0) is 25.9. The van der Waals surface area contributed by atoms with Gasteiger partial charge >= 0.3 is 18.0 Å². The normalized spacial score (nSPS) is 19.6. The summed E-state index contributed by atoms with van der Waals surface area (Å²) >= 11 is 0. The maximum Gasteiger partial charge on any atom is 0.410 e. The third-order valence-electron chi connectivity index (χ3n) is 6.09. The van der Waals surface area contributed by atoms with Gasteiger partial charge in [-0.15, -0.1) is 5.54 Å². The van der Waals surface area contributed by atoms with Crippen LogP contribution in [0.1, 0.15) is 38.7 Å². The summed E-state index contributed by atoms with van der Waals surface area (Å²) in [6, 6.07) is 9.34. The molecule has 9 heteroatoms. The Morgan fingerprint density at radius 3 is 2.17 bits per heavy atom. The van der Waals surface area contributed by atoms with E-state index >= 15 is 0 Å². The van der Waals surface area contributed by atoms with Gasteiger partial charge in [-0.1, -0.05) is 50.0 Å². The Hall–Kier alpha value is -3.12. The summed E-state index contributed by atoms with van der Waals surface area (Å²) in [5.74, 6) is -1.66. The number of hydrogen-bond acceptors (Lipinski definition) is 7. The summed E-state index contributed by atoms with van der Waals surface area (Å²) in [4.78, 5) is 52.9. The van der Waals surface area contributed by atoms with E-state index in [0.29, 0.717) is 0 Å². The number of Topliss-reactive ketones (excluding diaryl/α,β-unsaturated/α-hetero) is 1. The first-order chi connectivity index (χ1) is 16.3. The van der Waals surface area contributed by atoms with Crippen molar-refractivity contribution in [2.45, 2.75) is 65.1 Å². The second-order valence-electron chi connectivity index (χ2n) is 10.7. The van der Waals surface area contributed by atoms with Crippen molar-refractivity contribution in [3.63, 3.8) is 0 Å². The molecule has 0 saturated carbocycles. The molecule has 35 heavy (non-hydrogen) atoms. The number of carbonyl (C=O) groups is 4. The molecule has 188 valence electrons. The number of nitrogens with zero attached hydrogens (tertiary/aromatic N) is 1. The smallest absolute Gasteiger partial charge is 0.410 e. The minimum atomic E-state index is -1.79. The van der Waals surface area contributed by atoms with Crippen LogP contribution in [0.3, 0.4) is 0 Å². The van der Waals surface area contributed by atoms with Crippen molar-refractivity contribution in [1.82, 2.24) is 4.90 Å². The average molecular weight is 500 g/mol. The van der Waals surface area contributed by atoms with E-state index in [1.807, 2.05) is 50.0 Å². The Balaban J connectivity index is 1.76. The molecule has 1 aromatic rings. The van der Waals surface area contributed by atoms with E-state index in [-0.39, 0.29) is 44.7 Å². The fourth-order valence-electron chi connectivity index (χ4n) is 4.35. The Bertz CT molecular complexity index is 1020. The second kappa shape index (κ2) is 10.2. The lowest BCUT2D eigenvalue weighted by atomic mass is 9.65. The number of esters is 2. The number of benzene rings is 1. The molecular formula is C26H33NO7Si. The maximum atomic E-state index is 12.9. The molecule has 1 aromatic carbocycles. The topological polar surface area (TPSA) is 99.2 Å². The van der Waals surface area contributed by atoms with E-state index in [2.05, 4.69) is 11.5 Å². The molecule has 0 radical (unpaired) electrons. The Labute approximate surface area is 207 Å². The van der Waals surface area contributed by atoms with Gasteiger partial charge < -0.3 is 19.1 Å². The highest BCUT2D eigenvalue weighted by atomic mass is 28.3. The van der Waals surface area contributed by atoms with Gasteiger partial charge in [0, 0.05) is 38.8 Å². The second-order valence-corrected chi connectivity index (χ2v) is 15.4. The van der Waals surface area contributed by atoms with Crippen molar-refractivity contribution < 1.29 is 33.4 Å². The van der Waals surface area contributed by atoms with Crippen LogP contribution in [-0.2, 0) is 35.2 Å². The number of likely N-dealkylation sites (tertiary alicyclic amines) is 1. The van der Waals surface area contributed by atoms with E-state index in [0.717, 1.165) is 5.56 Å². The zero-order valence-electron chi connectivity index (χ0n) is 21.0. The lowest BCUT2D eigenvalue weighted by Gasteiger charge is -2.46. The maximum absolute atomic E-state index is 12.9. The lowest BCUT2D eigenvalue weighted by molar-refractivity contribution is -0.247. The number of rotatable bonds is 5. The van der Waals surface area contributed by atoms with E-state index < -0.39 is 43.2 Å². The lowest BCUT2D eigenvalue weighted by Crippen LogP contribution is -2.56. The first-order valence-electron chi connectivity index (χ1n) is 11.8. The number of carbonyl (C=O) groups excluding carboxylic acids is 4. The van der Waals surface area contributed by atoms with Crippen LogP contribution in [0.2, 0.25) is 19.6 Å². The molecule has 3 rings (SSSR count). The fraction of sp³-hybridized carbons (Fsp3) is 0.538. The fourth-order valence-corrected chi connectivity index (χ4v) is 4.87. The Morgan fingerprint density at radius 2 is 1.63 bits per heavy atom. The van der Waals surface area contributed by atoms with Crippen LogP contribution in [0, 0.1) is 22.8 Å². The monoisotopic (exact) mass is 499 g/mol. The molecule has 0 aromatic heterocycles. The highest BCUT2D eigenvalue weighted by Gasteiger charge is 2.56. The van der Waals surface area contributed by atoms with Crippen LogP contribution >= 0.6 is 0 Å². The molecule has 0 bridgehead atoms. The van der Waals surface area contributed by atoms with Crippen LogP contribution in [0.4, 0.5) is 4.79 Å². The molecule has 0 aliphatic carbocycles. The molecule has 8 nitrogen and oxygen atoms in total. The average Bonchev–Trinajstić information content (AvgIpc) is 2.75. The molecule has 0 unspecified atom stereocenters. The molecular weight excluding hydrogens is 466 g/mol. The first-order valence-corrected chi connectivity index (χ1v) is 15.3. The predicted octanol–water partition coefficient (Wildman–Crippen LogP) is 3.70. The van der Waals surface area contributed by atoms with Crippen molar-refractivity contribution in [2.75, 3.05) is 13.1 Å². The summed E-state index contributed by atoms with van der Waals surface area (Å²) in [5.41, 5.74) is 2.87. The Morgan fingerprint density at radius 1 is 1.06 bits per heavy atom. The minimum absolute atomic E-state index is 0.0906. The highest BCUT2D eigenvalue weighted by Crippen LogP contribution is 2.46. The zero-order valence-corrected chi connectivity index (χ0v) is 22.0. The number of cyclic esters (lactones) is 2. The number of hydrogen-bond donors (Lipinski definition) is 0. The number of ketones is 1. The van der Waals surface area contributed by atoms with Gasteiger partial charge in [-0.25, -0.2) is 4.79 Å². The summed E-state index contributed by atoms with van der Waals surface area (Å²) in [5, 5.41) is 0. The summed E-state index contributed by atoms with van der Waals surface area (Å²) < 4.78 is 16.2. The van der Waals surface area contributed by atoms with Crippen LogP contribution in [0.15, 0.2) is 30.3 Å². The van der Waals surface area contributed by atoms with E-state index in [1.165, 1.54) is 18.7 Å². The summed E-state index contributed by atoms with van der Waals surface area (Å²) in [7, 11) is -1.79. The van der Waals surface area contributed by atoms with Gasteiger partial charge in [0.1, 0.15) is 14.7 Å². The SMILES string of the molecule is CC1(C)OC(=O)C(C2(CC(=O)C#C[Si](C)(C)C)CCN(C(=O)OCc3ccccc3)CC2)C(=O)O1. The van der Waals surface area contributed by atoms with Crippen LogP contribution in [-0.4, -0.2) is 55.7 Å². The van der Waals surface area contributed by atoms with E-state index in [9.17, 15) is 19.2 Å². The van der Waals surface area contributed by atoms with Crippen molar-refractivity contribution in [3.05, 3.63) is 35.9 Å². The number of amides is 1. The van der Waals surface area contributed by atoms with Gasteiger partial charge in [-0.3, -0.25) is 14.4 Å². The summed E-state index contributed by atoms with van der Waals surface area (Å²) in [6.45, 7) is 9.65. The molecule has 2 aliphatic rings.